The Bertz CT molecular complexity index is 1530. The number of carbonyl (C=O) groups is 1. The van der Waals surface area contributed by atoms with Crippen molar-refractivity contribution in [3.05, 3.63) is 77.0 Å². The number of likely N-dealkylation sites (tertiary alicyclic amines) is 1. The third kappa shape index (κ3) is 2.98. The molecule has 1 fully saturated rings. The maximum Gasteiger partial charge on any atom is 0.259 e. The van der Waals surface area contributed by atoms with Crippen molar-refractivity contribution in [1.29, 1.82) is 0 Å². The van der Waals surface area contributed by atoms with Gasteiger partial charge < -0.3 is 14.5 Å². The predicted octanol–water partition coefficient (Wildman–Crippen LogP) is 3.08. The van der Waals surface area contributed by atoms with Crippen molar-refractivity contribution >= 4 is 33.5 Å². The highest BCUT2D eigenvalue weighted by atomic mass is 16.2. The molecule has 2 aromatic carbocycles. The van der Waals surface area contributed by atoms with E-state index in [1.165, 1.54) is 0 Å². The molecule has 0 bridgehead atoms. The number of imidazole rings is 1. The summed E-state index contributed by atoms with van der Waals surface area (Å²) in [5.74, 6) is 0.248. The van der Waals surface area contributed by atoms with Crippen LogP contribution in [0, 0.1) is 5.92 Å². The summed E-state index contributed by atoms with van der Waals surface area (Å²) < 4.78 is 3.82. The number of aromatic amines is 1. The van der Waals surface area contributed by atoms with E-state index in [2.05, 4.69) is 25.7 Å². The third-order valence-corrected chi connectivity index (χ3v) is 6.40. The number of benzene rings is 2. The molecule has 1 N–H and O–H groups in total. The number of hydrogen-bond acceptors (Lipinski definition) is 4. The lowest BCUT2D eigenvalue weighted by atomic mass is 9.97. The van der Waals surface area contributed by atoms with Gasteiger partial charge in [0.1, 0.15) is 11.2 Å². The molecule has 0 aliphatic carbocycles. The Kier molecular flexibility index (Phi) is 4.31. The van der Waals surface area contributed by atoms with E-state index in [9.17, 15) is 9.59 Å². The first-order valence-electron chi connectivity index (χ1n) is 10.9. The number of H-pyrrole nitrogens is 1. The number of nitrogens with zero attached hydrogens (tertiary/aromatic N) is 5. The van der Waals surface area contributed by atoms with Gasteiger partial charge in [0.2, 0.25) is 0 Å². The van der Waals surface area contributed by atoms with Gasteiger partial charge in [-0.2, -0.15) is 5.10 Å². The van der Waals surface area contributed by atoms with Crippen LogP contribution in [0.4, 0.5) is 0 Å². The highest BCUT2D eigenvalue weighted by molar-refractivity contribution is 6.00. The van der Waals surface area contributed by atoms with E-state index < -0.39 is 0 Å². The highest BCUT2D eigenvalue weighted by Crippen LogP contribution is 2.23. The van der Waals surface area contributed by atoms with Crippen LogP contribution in [0.1, 0.15) is 23.2 Å². The van der Waals surface area contributed by atoms with Crippen molar-refractivity contribution in [2.45, 2.75) is 19.4 Å². The lowest BCUT2D eigenvalue weighted by molar-refractivity contribution is 0.0665. The second-order valence-electron chi connectivity index (χ2n) is 8.43. The lowest BCUT2D eigenvalue weighted by Gasteiger charge is -2.32. The fourth-order valence-corrected chi connectivity index (χ4v) is 4.84. The molecule has 0 saturated carbocycles. The minimum Gasteiger partial charge on any atom is -0.338 e. The maximum absolute atomic E-state index is 13.4. The number of para-hydroxylation sites is 3. The normalized spacial score (nSPS) is 16.9. The molecule has 8 heteroatoms. The smallest absolute Gasteiger partial charge is 0.259 e. The molecular formula is C24H22N6O2. The molecule has 1 atom stereocenters. The van der Waals surface area contributed by atoms with Crippen LogP contribution in [0.5, 0.6) is 0 Å². The van der Waals surface area contributed by atoms with Gasteiger partial charge in [-0.3, -0.25) is 9.59 Å². The summed E-state index contributed by atoms with van der Waals surface area (Å²) in [4.78, 5) is 35.2. The van der Waals surface area contributed by atoms with Crippen LogP contribution in [0.3, 0.4) is 0 Å². The van der Waals surface area contributed by atoms with Crippen LogP contribution < -0.4 is 5.56 Å². The number of aromatic nitrogens is 5. The molecule has 1 unspecified atom stereocenters. The SMILES string of the molecule is O=C(c1cnn2c1[nH]c(=O)c1ccccc12)N1CCCC(Cn2cnc3ccccc32)C1. The van der Waals surface area contributed by atoms with Crippen molar-refractivity contribution in [3.63, 3.8) is 0 Å². The number of hydrogen-bond donors (Lipinski definition) is 1. The summed E-state index contributed by atoms with van der Waals surface area (Å²) >= 11 is 0. The zero-order valence-corrected chi connectivity index (χ0v) is 17.4. The van der Waals surface area contributed by atoms with Gasteiger partial charge in [-0.05, 0) is 43.0 Å². The lowest BCUT2D eigenvalue weighted by Crippen LogP contribution is -2.41. The van der Waals surface area contributed by atoms with Crippen LogP contribution in [0.2, 0.25) is 0 Å². The second-order valence-corrected chi connectivity index (χ2v) is 8.43. The molecular weight excluding hydrogens is 404 g/mol. The molecule has 32 heavy (non-hydrogen) atoms. The van der Waals surface area contributed by atoms with Gasteiger partial charge >= 0.3 is 0 Å². The molecule has 1 aliphatic heterocycles. The van der Waals surface area contributed by atoms with Crippen LogP contribution in [-0.2, 0) is 6.54 Å². The average Bonchev–Trinajstić information content (AvgIpc) is 3.44. The van der Waals surface area contributed by atoms with Gasteiger partial charge in [0.25, 0.3) is 11.5 Å². The van der Waals surface area contributed by atoms with Crippen molar-refractivity contribution in [3.8, 4) is 0 Å². The fraction of sp³-hybridized carbons (Fsp3) is 0.250. The zero-order valence-electron chi connectivity index (χ0n) is 17.4. The monoisotopic (exact) mass is 426 g/mol. The topological polar surface area (TPSA) is 88.3 Å². The van der Waals surface area contributed by atoms with Crippen molar-refractivity contribution in [1.82, 2.24) is 29.0 Å². The Balaban J connectivity index is 1.29. The summed E-state index contributed by atoms with van der Waals surface area (Å²) in [6.45, 7) is 2.19. The Labute approximate surface area is 183 Å². The van der Waals surface area contributed by atoms with E-state index >= 15 is 0 Å². The number of fused-ring (bicyclic) bond motifs is 4. The van der Waals surface area contributed by atoms with E-state index in [-0.39, 0.29) is 11.5 Å². The highest BCUT2D eigenvalue weighted by Gasteiger charge is 2.27. The third-order valence-electron chi connectivity index (χ3n) is 6.40. The Morgan fingerprint density at radius 1 is 1.09 bits per heavy atom. The Morgan fingerprint density at radius 3 is 2.81 bits per heavy atom. The number of carbonyl (C=O) groups excluding carboxylic acids is 1. The number of piperidine rings is 1. The molecule has 6 rings (SSSR count). The van der Waals surface area contributed by atoms with E-state index in [4.69, 9.17) is 0 Å². The number of nitrogens with one attached hydrogen (secondary N) is 1. The van der Waals surface area contributed by atoms with E-state index in [0.29, 0.717) is 41.1 Å². The average molecular weight is 426 g/mol. The number of rotatable bonds is 3. The molecule has 1 amide bonds. The van der Waals surface area contributed by atoms with Crippen LogP contribution in [-0.4, -0.2) is 48.0 Å². The van der Waals surface area contributed by atoms with E-state index in [1.807, 2.05) is 47.6 Å². The fourth-order valence-electron chi connectivity index (χ4n) is 4.84. The van der Waals surface area contributed by atoms with Gasteiger partial charge in [-0.25, -0.2) is 9.50 Å². The van der Waals surface area contributed by atoms with Gasteiger partial charge in [0.05, 0.1) is 34.5 Å². The molecule has 160 valence electrons. The summed E-state index contributed by atoms with van der Waals surface area (Å²) in [5.41, 5.74) is 3.45. The van der Waals surface area contributed by atoms with Crippen molar-refractivity contribution < 1.29 is 4.79 Å². The first-order valence-corrected chi connectivity index (χ1v) is 10.9. The van der Waals surface area contributed by atoms with Crippen LogP contribution >= 0.6 is 0 Å². The molecule has 5 aromatic rings. The molecule has 1 saturated heterocycles. The molecule has 3 aromatic heterocycles. The summed E-state index contributed by atoms with van der Waals surface area (Å²) in [7, 11) is 0. The molecule has 1 aliphatic rings. The van der Waals surface area contributed by atoms with E-state index in [1.54, 1.807) is 16.8 Å². The van der Waals surface area contributed by atoms with Crippen LogP contribution in [0.25, 0.3) is 27.6 Å². The summed E-state index contributed by atoms with van der Waals surface area (Å²) in [6, 6.07) is 15.4. The Hall–Kier alpha value is -3.94. The first kappa shape index (κ1) is 18.8. The summed E-state index contributed by atoms with van der Waals surface area (Å²) in [5, 5.41) is 4.95. The minimum atomic E-state index is -0.217. The molecule has 8 nitrogen and oxygen atoms in total. The zero-order chi connectivity index (χ0) is 21.7. The van der Waals surface area contributed by atoms with Gasteiger partial charge in [-0.1, -0.05) is 24.3 Å². The first-order chi connectivity index (χ1) is 15.7. The van der Waals surface area contributed by atoms with Gasteiger partial charge in [-0.15, -0.1) is 0 Å². The minimum absolute atomic E-state index is 0.0916. The van der Waals surface area contributed by atoms with Crippen molar-refractivity contribution in [2.75, 3.05) is 13.1 Å². The molecule has 4 heterocycles. The van der Waals surface area contributed by atoms with Gasteiger partial charge in [0.15, 0.2) is 0 Å². The Morgan fingerprint density at radius 2 is 1.91 bits per heavy atom. The van der Waals surface area contributed by atoms with Crippen molar-refractivity contribution in [2.24, 2.45) is 5.92 Å². The largest absolute Gasteiger partial charge is 0.338 e. The molecule has 0 spiro atoms. The standard InChI is InChI=1S/C24H22N6O2/c31-23-17-7-1-3-9-20(17)30-22(27-23)18(12-26-30)24(32)28-11-5-6-16(13-28)14-29-15-25-19-8-2-4-10-21(19)29/h1-4,7-10,12,15-16H,5-6,11,13-14H2,(H,27,31). The summed E-state index contributed by atoms with van der Waals surface area (Å²) in [6.07, 6.45) is 5.45. The quantitative estimate of drug-likeness (QED) is 0.480. The van der Waals surface area contributed by atoms with Gasteiger partial charge in [0, 0.05) is 19.6 Å². The van der Waals surface area contributed by atoms with E-state index in [0.717, 1.165) is 30.4 Å². The molecule has 0 radical (unpaired) electrons. The second kappa shape index (κ2) is 7.33. The van der Waals surface area contributed by atoms with Crippen LogP contribution in [0.15, 0.2) is 65.8 Å². The number of amides is 1. The maximum atomic E-state index is 13.4. The predicted molar refractivity (Wildman–Crippen MR) is 122 cm³/mol.